The van der Waals surface area contributed by atoms with E-state index < -0.39 is 0 Å². The lowest BCUT2D eigenvalue weighted by molar-refractivity contribution is -0.129. The molecule has 0 aliphatic carbocycles. The molecular weight excluding hydrogens is 230 g/mol. The lowest BCUT2D eigenvalue weighted by atomic mass is 9.98. The fourth-order valence-corrected chi connectivity index (χ4v) is 1.89. The van der Waals surface area contributed by atoms with Gasteiger partial charge in [-0.25, -0.2) is 0 Å². The van der Waals surface area contributed by atoms with Gasteiger partial charge in [0.2, 0.25) is 11.8 Å². The van der Waals surface area contributed by atoms with E-state index >= 15 is 0 Å². The van der Waals surface area contributed by atoms with Crippen molar-refractivity contribution in [2.75, 3.05) is 6.54 Å². The number of aromatic nitrogens is 1. The second-order valence-corrected chi connectivity index (χ2v) is 4.57. The molecule has 0 aromatic carbocycles. The highest BCUT2D eigenvalue weighted by Crippen LogP contribution is 2.11. The largest absolute Gasteiger partial charge is 0.355 e. The monoisotopic (exact) mass is 247 g/mol. The van der Waals surface area contributed by atoms with Crippen LogP contribution in [0.2, 0.25) is 0 Å². The van der Waals surface area contributed by atoms with E-state index in [2.05, 4.69) is 15.6 Å². The first kappa shape index (κ1) is 12.5. The number of carbonyl (C=O) groups is 2. The van der Waals surface area contributed by atoms with Gasteiger partial charge in [0, 0.05) is 31.4 Å². The van der Waals surface area contributed by atoms with Crippen LogP contribution in [0.1, 0.15) is 24.1 Å². The number of nitrogens with one attached hydrogen (secondary N) is 2. The fraction of sp³-hybridized carbons (Fsp3) is 0.462. The molecule has 18 heavy (non-hydrogen) atoms. The average molecular weight is 247 g/mol. The van der Waals surface area contributed by atoms with Gasteiger partial charge in [-0.2, -0.15) is 0 Å². The zero-order valence-corrected chi connectivity index (χ0v) is 10.4. The number of hydrogen-bond donors (Lipinski definition) is 2. The molecule has 1 aromatic heterocycles. The van der Waals surface area contributed by atoms with Crippen molar-refractivity contribution in [3.8, 4) is 0 Å². The Morgan fingerprint density at radius 2 is 2.39 bits per heavy atom. The van der Waals surface area contributed by atoms with E-state index in [-0.39, 0.29) is 17.7 Å². The first-order valence-electron chi connectivity index (χ1n) is 6.11. The van der Waals surface area contributed by atoms with Crippen molar-refractivity contribution in [2.45, 2.75) is 26.3 Å². The summed E-state index contributed by atoms with van der Waals surface area (Å²) in [6, 6.07) is 3.87. The fourth-order valence-electron chi connectivity index (χ4n) is 1.89. The molecular formula is C13H17N3O2. The first-order valence-corrected chi connectivity index (χ1v) is 6.11. The molecule has 0 saturated carbocycles. The molecule has 5 nitrogen and oxygen atoms in total. The normalized spacial score (nSPS) is 19.2. The summed E-state index contributed by atoms with van der Waals surface area (Å²) in [5.74, 6) is -0.0848. The van der Waals surface area contributed by atoms with Crippen LogP contribution in [0.25, 0.3) is 0 Å². The predicted molar refractivity (Wildman–Crippen MR) is 66.6 cm³/mol. The molecule has 0 bridgehead atoms. The lowest BCUT2D eigenvalue weighted by Gasteiger charge is -2.21. The van der Waals surface area contributed by atoms with Crippen molar-refractivity contribution < 1.29 is 9.59 Å². The van der Waals surface area contributed by atoms with Crippen molar-refractivity contribution in [3.63, 3.8) is 0 Å². The van der Waals surface area contributed by atoms with Gasteiger partial charge in [0.1, 0.15) is 0 Å². The van der Waals surface area contributed by atoms with Crippen LogP contribution in [0, 0.1) is 12.8 Å². The van der Waals surface area contributed by atoms with E-state index in [1.54, 1.807) is 6.20 Å². The van der Waals surface area contributed by atoms with E-state index in [0.717, 1.165) is 11.3 Å². The molecule has 2 N–H and O–H groups in total. The van der Waals surface area contributed by atoms with Crippen molar-refractivity contribution in [1.29, 1.82) is 0 Å². The summed E-state index contributed by atoms with van der Waals surface area (Å²) in [4.78, 5) is 27.0. The highest BCUT2D eigenvalue weighted by atomic mass is 16.2. The Kier molecular flexibility index (Phi) is 3.92. The molecule has 1 aliphatic rings. The summed E-state index contributed by atoms with van der Waals surface area (Å²) in [7, 11) is 0. The van der Waals surface area contributed by atoms with Crippen LogP contribution in [0.3, 0.4) is 0 Å². The molecule has 2 heterocycles. The number of amides is 2. The van der Waals surface area contributed by atoms with Crippen molar-refractivity contribution in [1.82, 2.24) is 15.6 Å². The number of rotatable bonds is 3. The zero-order valence-electron chi connectivity index (χ0n) is 10.4. The van der Waals surface area contributed by atoms with Crippen molar-refractivity contribution >= 4 is 11.8 Å². The molecule has 5 heteroatoms. The summed E-state index contributed by atoms with van der Waals surface area (Å²) in [5.41, 5.74) is 1.94. The SMILES string of the molecule is Cc1ccc(CNC(=O)C2CCC(=O)NC2)cn1. The van der Waals surface area contributed by atoms with Gasteiger partial charge >= 0.3 is 0 Å². The topological polar surface area (TPSA) is 71.1 Å². The average Bonchev–Trinajstić information content (AvgIpc) is 2.38. The van der Waals surface area contributed by atoms with Gasteiger partial charge in [-0.1, -0.05) is 6.07 Å². The quantitative estimate of drug-likeness (QED) is 0.818. The molecule has 0 radical (unpaired) electrons. The number of hydrogen-bond acceptors (Lipinski definition) is 3. The van der Waals surface area contributed by atoms with E-state index in [9.17, 15) is 9.59 Å². The van der Waals surface area contributed by atoms with Gasteiger partial charge in [0.25, 0.3) is 0 Å². The number of aryl methyl sites for hydroxylation is 1. The maximum atomic E-state index is 11.9. The van der Waals surface area contributed by atoms with Crippen LogP contribution in [-0.2, 0) is 16.1 Å². The summed E-state index contributed by atoms with van der Waals surface area (Å²) < 4.78 is 0. The molecule has 1 aromatic rings. The Morgan fingerprint density at radius 3 is 3.00 bits per heavy atom. The Labute approximate surface area is 106 Å². The van der Waals surface area contributed by atoms with Crippen LogP contribution >= 0.6 is 0 Å². The van der Waals surface area contributed by atoms with E-state index in [1.165, 1.54) is 0 Å². The van der Waals surface area contributed by atoms with E-state index in [1.807, 2.05) is 19.1 Å². The number of nitrogens with zero attached hydrogens (tertiary/aromatic N) is 1. The lowest BCUT2D eigenvalue weighted by Crippen LogP contribution is -2.42. The van der Waals surface area contributed by atoms with Gasteiger partial charge in [-0.15, -0.1) is 0 Å². The highest BCUT2D eigenvalue weighted by molar-refractivity contribution is 5.83. The molecule has 2 amide bonds. The first-order chi connectivity index (χ1) is 8.65. The van der Waals surface area contributed by atoms with Gasteiger partial charge in [-0.3, -0.25) is 14.6 Å². The maximum Gasteiger partial charge on any atom is 0.225 e. The highest BCUT2D eigenvalue weighted by Gasteiger charge is 2.23. The molecule has 96 valence electrons. The minimum absolute atomic E-state index is 0.00410. The predicted octanol–water partition coefficient (Wildman–Crippen LogP) is 0.532. The third kappa shape index (κ3) is 3.29. The second kappa shape index (κ2) is 5.62. The molecule has 1 saturated heterocycles. The van der Waals surface area contributed by atoms with Gasteiger partial charge in [-0.05, 0) is 25.0 Å². The smallest absolute Gasteiger partial charge is 0.225 e. The molecule has 1 fully saturated rings. The van der Waals surface area contributed by atoms with Crippen LogP contribution in [0.4, 0.5) is 0 Å². The van der Waals surface area contributed by atoms with Crippen molar-refractivity contribution in [3.05, 3.63) is 29.6 Å². The maximum absolute atomic E-state index is 11.9. The Balaban J connectivity index is 1.81. The standard InChI is InChI=1S/C13H17N3O2/c1-9-2-3-10(6-14-9)7-16-13(18)11-4-5-12(17)15-8-11/h2-3,6,11H,4-5,7-8H2,1H3,(H,15,17)(H,16,18). The number of carbonyl (C=O) groups excluding carboxylic acids is 2. The summed E-state index contributed by atoms with van der Waals surface area (Å²) in [6.45, 7) is 2.85. The molecule has 1 atom stereocenters. The van der Waals surface area contributed by atoms with Gasteiger partial charge < -0.3 is 10.6 Å². The molecule has 0 spiro atoms. The Hall–Kier alpha value is -1.91. The zero-order chi connectivity index (χ0) is 13.0. The molecule has 1 unspecified atom stereocenters. The van der Waals surface area contributed by atoms with Crippen LogP contribution in [0.5, 0.6) is 0 Å². The summed E-state index contributed by atoms with van der Waals surface area (Å²) in [6.07, 6.45) is 2.83. The third-order valence-corrected chi connectivity index (χ3v) is 3.08. The van der Waals surface area contributed by atoms with E-state index in [0.29, 0.717) is 25.9 Å². The van der Waals surface area contributed by atoms with Crippen LogP contribution in [0.15, 0.2) is 18.3 Å². The summed E-state index contributed by atoms with van der Waals surface area (Å²) in [5, 5.41) is 5.58. The Bertz CT molecular complexity index is 432. The second-order valence-electron chi connectivity index (χ2n) is 4.57. The van der Waals surface area contributed by atoms with Crippen LogP contribution < -0.4 is 10.6 Å². The summed E-state index contributed by atoms with van der Waals surface area (Å²) >= 11 is 0. The third-order valence-electron chi connectivity index (χ3n) is 3.08. The van der Waals surface area contributed by atoms with Crippen molar-refractivity contribution in [2.24, 2.45) is 5.92 Å². The minimum Gasteiger partial charge on any atom is -0.355 e. The minimum atomic E-state index is -0.110. The van der Waals surface area contributed by atoms with Gasteiger partial charge in [0.05, 0.1) is 5.92 Å². The van der Waals surface area contributed by atoms with E-state index in [4.69, 9.17) is 0 Å². The number of pyridine rings is 1. The molecule has 2 rings (SSSR count). The van der Waals surface area contributed by atoms with Crippen LogP contribution in [-0.4, -0.2) is 23.3 Å². The molecule has 1 aliphatic heterocycles. The Morgan fingerprint density at radius 1 is 1.56 bits per heavy atom. The van der Waals surface area contributed by atoms with Gasteiger partial charge in [0.15, 0.2) is 0 Å². The number of piperidine rings is 1.